The quantitative estimate of drug-likeness (QED) is 0.245. The summed E-state index contributed by atoms with van der Waals surface area (Å²) >= 11 is 0. The van der Waals surface area contributed by atoms with Crippen LogP contribution in [0, 0.1) is 6.07 Å². The summed E-state index contributed by atoms with van der Waals surface area (Å²) in [6.45, 7) is 6.90. The van der Waals surface area contributed by atoms with Gasteiger partial charge in [-0.05, 0) is 61.3 Å². The van der Waals surface area contributed by atoms with Crippen LogP contribution in [0.4, 0.5) is 0 Å². The third kappa shape index (κ3) is 10.4. The summed E-state index contributed by atoms with van der Waals surface area (Å²) in [5.74, 6) is 0. The summed E-state index contributed by atoms with van der Waals surface area (Å²) in [5, 5.41) is 0. The van der Waals surface area contributed by atoms with E-state index >= 15 is 0 Å². The number of aryl methyl sites for hydroxylation is 2. The fourth-order valence-electron chi connectivity index (χ4n) is 3.90. The molecule has 1 radical (unpaired) electrons. The van der Waals surface area contributed by atoms with Gasteiger partial charge in [0.2, 0.25) is 0 Å². The molecule has 26 heavy (non-hydrogen) atoms. The molecule has 0 heterocycles. The number of hydrogen-bond acceptors (Lipinski definition) is 0. The topological polar surface area (TPSA) is 0 Å². The Morgan fingerprint density at radius 1 is 0.577 bits per heavy atom. The third-order valence-electron chi connectivity index (χ3n) is 5.65. The van der Waals surface area contributed by atoms with Gasteiger partial charge in [-0.3, -0.25) is 0 Å². The van der Waals surface area contributed by atoms with Gasteiger partial charge in [-0.15, -0.1) is 0 Å². The monoisotopic (exact) mass is 357 g/mol. The van der Waals surface area contributed by atoms with E-state index < -0.39 is 0 Å². The summed E-state index contributed by atoms with van der Waals surface area (Å²) in [6, 6.07) is 8.12. The summed E-state index contributed by atoms with van der Waals surface area (Å²) in [4.78, 5) is 0. The van der Waals surface area contributed by atoms with Gasteiger partial charge in [-0.2, -0.15) is 0 Å². The van der Waals surface area contributed by atoms with Gasteiger partial charge in [0.05, 0.1) is 0 Å². The van der Waals surface area contributed by atoms with Gasteiger partial charge in [0.1, 0.15) is 0 Å². The molecule has 0 saturated carbocycles. The van der Waals surface area contributed by atoms with Crippen molar-refractivity contribution in [1.82, 2.24) is 0 Å². The van der Waals surface area contributed by atoms with E-state index in [9.17, 15) is 0 Å². The van der Waals surface area contributed by atoms with Gasteiger partial charge in [0.25, 0.3) is 0 Å². The average molecular weight is 358 g/mol. The number of benzene rings is 1. The summed E-state index contributed by atoms with van der Waals surface area (Å²) in [7, 11) is 0. The first-order chi connectivity index (χ1) is 12.8. The number of rotatable bonds is 17. The van der Waals surface area contributed by atoms with Crippen LogP contribution in [0.1, 0.15) is 127 Å². The van der Waals surface area contributed by atoms with Crippen molar-refractivity contribution in [2.75, 3.05) is 0 Å². The Bertz CT molecular complexity index is 432. The van der Waals surface area contributed by atoms with E-state index in [2.05, 4.69) is 39.0 Å². The van der Waals surface area contributed by atoms with E-state index in [0.29, 0.717) is 0 Å². The largest absolute Gasteiger partial charge is 0.0654 e. The van der Waals surface area contributed by atoms with Crippen molar-refractivity contribution in [2.45, 2.75) is 130 Å². The maximum atomic E-state index is 3.59. The van der Waals surface area contributed by atoms with Gasteiger partial charge in [0.15, 0.2) is 0 Å². The normalized spacial score (nSPS) is 11.2. The molecule has 1 rings (SSSR count). The lowest BCUT2D eigenvalue weighted by atomic mass is 9.91. The fourth-order valence-corrected chi connectivity index (χ4v) is 3.90. The minimum absolute atomic E-state index is 1.25. The van der Waals surface area contributed by atoms with Crippen LogP contribution in [0.3, 0.4) is 0 Å². The zero-order valence-electron chi connectivity index (χ0n) is 18.2. The minimum atomic E-state index is 1.25. The van der Waals surface area contributed by atoms with Crippen LogP contribution in [-0.2, 0) is 19.3 Å². The van der Waals surface area contributed by atoms with Crippen molar-refractivity contribution in [1.29, 1.82) is 0 Å². The highest BCUT2D eigenvalue weighted by molar-refractivity contribution is 5.35. The Hall–Kier alpha value is -0.780. The summed E-state index contributed by atoms with van der Waals surface area (Å²) < 4.78 is 0. The summed E-state index contributed by atoms with van der Waals surface area (Å²) in [6.07, 6.45) is 23.2. The second-order valence-corrected chi connectivity index (χ2v) is 8.10. The predicted octanol–water partition coefficient (Wildman–Crippen LogP) is 8.64. The molecule has 1 aromatic carbocycles. The molecular formula is C26H45. The smallest absolute Gasteiger partial charge is 0.0146 e. The van der Waals surface area contributed by atoms with Crippen LogP contribution in [0.15, 0.2) is 12.1 Å². The molecule has 0 aliphatic rings. The average Bonchev–Trinajstić information content (AvgIpc) is 2.66. The second kappa shape index (κ2) is 16.4. The standard InChI is InChI=1S/C26H45/c1-4-7-10-11-12-13-14-15-16-17-20-25-22-18-21-24(19-8-5-2)26(25)23-9-6-3/h18,21H,4-17,19-20,23H2,1-3H3. The Morgan fingerprint density at radius 3 is 1.73 bits per heavy atom. The highest BCUT2D eigenvalue weighted by atomic mass is 14.1. The van der Waals surface area contributed by atoms with Gasteiger partial charge >= 0.3 is 0 Å². The van der Waals surface area contributed by atoms with E-state index in [4.69, 9.17) is 0 Å². The molecule has 0 unspecified atom stereocenters. The fraction of sp³-hybridized carbons (Fsp3) is 0.769. The molecule has 0 spiro atoms. The first-order valence-electron chi connectivity index (χ1n) is 11.8. The van der Waals surface area contributed by atoms with Gasteiger partial charge in [-0.25, -0.2) is 0 Å². The SMILES string of the molecule is CCCCCCCCCCCCc1[c]ccc(CCCC)c1CCCC. The van der Waals surface area contributed by atoms with Crippen LogP contribution < -0.4 is 0 Å². The van der Waals surface area contributed by atoms with E-state index in [1.54, 1.807) is 11.1 Å². The third-order valence-corrected chi connectivity index (χ3v) is 5.65. The molecule has 0 fully saturated rings. The Labute approximate surface area is 165 Å². The molecule has 0 amide bonds. The van der Waals surface area contributed by atoms with Gasteiger partial charge in [0, 0.05) is 0 Å². The molecule has 149 valence electrons. The zero-order valence-corrected chi connectivity index (χ0v) is 18.2. The highest BCUT2D eigenvalue weighted by Crippen LogP contribution is 2.22. The second-order valence-electron chi connectivity index (χ2n) is 8.10. The van der Waals surface area contributed by atoms with Crippen LogP contribution in [-0.4, -0.2) is 0 Å². The van der Waals surface area contributed by atoms with E-state index in [0.717, 1.165) is 0 Å². The van der Waals surface area contributed by atoms with E-state index in [1.807, 2.05) is 0 Å². The van der Waals surface area contributed by atoms with Gasteiger partial charge in [-0.1, -0.05) is 104 Å². The van der Waals surface area contributed by atoms with Crippen molar-refractivity contribution in [3.63, 3.8) is 0 Å². The maximum Gasteiger partial charge on any atom is -0.0146 e. The lowest BCUT2D eigenvalue weighted by Crippen LogP contribution is -2.02. The van der Waals surface area contributed by atoms with Crippen molar-refractivity contribution in [2.24, 2.45) is 0 Å². The first-order valence-corrected chi connectivity index (χ1v) is 11.8. The van der Waals surface area contributed by atoms with Crippen LogP contribution in [0.25, 0.3) is 0 Å². The van der Waals surface area contributed by atoms with E-state index in [1.165, 1.54) is 115 Å². The molecule has 0 aliphatic carbocycles. The Kier molecular flexibility index (Phi) is 14.7. The Balaban J connectivity index is 2.32. The van der Waals surface area contributed by atoms with E-state index in [-0.39, 0.29) is 0 Å². The lowest BCUT2D eigenvalue weighted by Gasteiger charge is -2.14. The highest BCUT2D eigenvalue weighted by Gasteiger charge is 2.08. The maximum absolute atomic E-state index is 3.59. The van der Waals surface area contributed by atoms with Crippen LogP contribution in [0.2, 0.25) is 0 Å². The predicted molar refractivity (Wildman–Crippen MR) is 118 cm³/mol. The molecule has 0 heteroatoms. The van der Waals surface area contributed by atoms with Crippen molar-refractivity contribution >= 4 is 0 Å². The molecule has 0 N–H and O–H groups in total. The molecular weight excluding hydrogens is 312 g/mol. The Morgan fingerprint density at radius 2 is 1.12 bits per heavy atom. The number of hydrogen-bond donors (Lipinski definition) is 0. The van der Waals surface area contributed by atoms with Gasteiger partial charge < -0.3 is 0 Å². The molecule has 0 bridgehead atoms. The molecule has 0 aliphatic heterocycles. The van der Waals surface area contributed by atoms with Crippen molar-refractivity contribution in [3.05, 3.63) is 34.9 Å². The lowest BCUT2D eigenvalue weighted by molar-refractivity contribution is 0.556. The first kappa shape index (κ1) is 23.3. The number of unbranched alkanes of at least 4 members (excludes halogenated alkanes) is 11. The molecule has 0 nitrogen and oxygen atoms in total. The molecule has 0 atom stereocenters. The minimum Gasteiger partial charge on any atom is -0.0654 e. The van der Waals surface area contributed by atoms with Crippen LogP contribution >= 0.6 is 0 Å². The van der Waals surface area contributed by atoms with Crippen LogP contribution in [0.5, 0.6) is 0 Å². The van der Waals surface area contributed by atoms with Crippen molar-refractivity contribution < 1.29 is 0 Å². The molecule has 0 aromatic heterocycles. The summed E-state index contributed by atoms with van der Waals surface area (Å²) in [5.41, 5.74) is 4.80. The van der Waals surface area contributed by atoms with Crippen molar-refractivity contribution in [3.8, 4) is 0 Å². The zero-order chi connectivity index (χ0) is 18.9. The molecule has 1 aromatic rings. The molecule has 0 saturated heterocycles.